The smallest absolute Gasteiger partial charge is 0.245 e. The maximum absolute atomic E-state index is 11.7. The van der Waals surface area contributed by atoms with Gasteiger partial charge in [0, 0.05) is 6.54 Å². The molecule has 0 bridgehead atoms. The van der Waals surface area contributed by atoms with Gasteiger partial charge in [-0.2, -0.15) is 0 Å². The monoisotopic (exact) mass is 241 g/mol. The first-order valence-electron chi connectivity index (χ1n) is 4.76. The van der Waals surface area contributed by atoms with Crippen molar-refractivity contribution in [1.29, 1.82) is 0 Å². The maximum atomic E-state index is 11.7. The van der Waals surface area contributed by atoms with Gasteiger partial charge in [0.2, 0.25) is 16.9 Å². The number of amides is 2. The number of carbonyl (C=O) groups is 2. The lowest BCUT2D eigenvalue weighted by molar-refractivity contribution is -0.124. The molecular formula is C8H11N5O2S. The van der Waals surface area contributed by atoms with Gasteiger partial charge in [0.15, 0.2) is 0 Å². The van der Waals surface area contributed by atoms with Crippen LogP contribution < -0.4 is 16.0 Å². The Kier molecular flexibility index (Phi) is 3.11. The molecular weight excluding hydrogens is 230 g/mol. The van der Waals surface area contributed by atoms with E-state index in [0.29, 0.717) is 11.7 Å². The summed E-state index contributed by atoms with van der Waals surface area (Å²) >= 11 is 1.31. The van der Waals surface area contributed by atoms with Crippen molar-refractivity contribution in [1.82, 2.24) is 20.8 Å². The van der Waals surface area contributed by atoms with Gasteiger partial charge in [-0.25, -0.2) is 0 Å². The molecule has 1 aromatic heterocycles. The van der Waals surface area contributed by atoms with Gasteiger partial charge in [-0.05, 0) is 6.92 Å². The van der Waals surface area contributed by atoms with Gasteiger partial charge in [-0.15, -0.1) is 10.2 Å². The molecule has 1 fully saturated rings. The van der Waals surface area contributed by atoms with Crippen molar-refractivity contribution in [2.75, 3.05) is 18.4 Å². The molecule has 1 unspecified atom stereocenters. The Morgan fingerprint density at radius 1 is 1.56 bits per heavy atom. The van der Waals surface area contributed by atoms with E-state index in [1.165, 1.54) is 11.3 Å². The Morgan fingerprint density at radius 3 is 2.94 bits per heavy atom. The van der Waals surface area contributed by atoms with Crippen LogP contribution in [0.2, 0.25) is 0 Å². The Labute approximate surface area is 95.6 Å². The summed E-state index contributed by atoms with van der Waals surface area (Å²) in [5, 5.41) is 16.9. The molecule has 7 nitrogen and oxygen atoms in total. The molecule has 0 saturated carbocycles. The van der Waals surface area contributed by atoms with Gasteiger partial charge < -0.3 is 5.32 Å². The van der Waals surface area contributed by atoms with E-state index >= 15 is 0 Å². The lowest BCUT2D eigenvalue weighted by Gasteiger charge is -2.22. The van der Waals surface area contributed by atoms with Crippen LogP contribution in [0.1, 0.15) is 5.01 Å². The number of anilines is 1. The van der Waals surface area contributed by atoms with Crippen LogP contribution in [-0.4, -0.2) is 41.1 Å². The van der Waals surface area contributed by atoms with Gasteiger partial charge in [0.05, 0.1) is 6.54 Å². The number of piperazine rings is 1. The molecule has 0 aromatic carbocycles. The van der Waals surface area contributed by atoms with E-state index in [-0.39, 0.29) is 18.4 Å². The SMILES string of the molecule is Cc1nnc(NC(=O)C2CNC(=O)CN2)s1. The largest absolute Gasteiger partial charge is 0.353 e. The normalized spacial score (nSPS) is 20.3. The summed E-state index contributed by atoms with van der Waals surface area (Å²) in [6.45, 7) is 2.27. The van der Waals surface area contributed by atoms with Gasteiger partial charge in [-0.1, -0.05) is 11.3 Å². The van der Waals surface area contributed by atoms with E-state index in [0.717, 1.165) is 5.01 Å². The van der Waals surface area contributed by atoms with Gasteiger partial charge in [0.25, 0.3) is 0 Å². The van der Waals surface area contributed by atoms with E-state index < -0.39 is 6.04 Å². The number of hydrogen-bond acceptors (Lipinski definition) is 6. The van der Waals surface area contributed by atoms with Crippen LogP contribution in [0.25, 0.3) is 0 Å². The first-order chi connectivity index (χ1) is 7.65. The molecule has 2 amide bonds. The molecule has 0 radical (unpaired) electrons. The van der Waals surface area contributed by atoms with Crippen molar-refractivity contribution in [3.05, 3.63) is 5.01 Å². The zero-order chi connectivity index (χ0) is 11.5. The van der Waals surface area contributed by atoms with E-state index in [4.69, 9.17) is 0 Å². The second kappa shape index (κ2) is 4.54. The Balaban J connectivity index is 1.91. The van der Waals surface area contributed by atoms with Gasteiger partial charge in [0.1, 0.15) is 11.0 Å². The Morgan fingerprint density at radius 2 is 2.38 bits per heavy atom. The van der Waals surface area contributed by atoms with Crippen LogP contribution in [0.3, 0.4) is 0 Å². The number of rotatable bonds is 2. The highest BCUT2D eigenvalue weighted by molar-refractivity contribution is 7.15. The third-order valence-corrected chi connectivity index (χ3v) is 2.84. The average molecular weight is 241 g/mol. The quantitative estimate of drug-likeness (QED) is 0.609. The maximum Gasteiger partial charge on any atom is 0.245 e. The van der Waals surface area contributed by atoms with E-state index in [9.17, 15) is 9.59 Å². The van der Waals surface area contributed by atoms with Gasteiger partial charge >= 0.3 is 0 Å². The van der Waals surface area contributed by atoms with Gasteiger partial charge in [-0.3, -0.25) is 20.2 Å². The average Bonchev–Trinajstić information content (AvgIpc) is 2.65. The van der Waals surface area contributed by atoms with E-state index in [2.05, 4.69) is 26.1 Å². The summed E-state index contributed by atoms with van der Waals surface area (Å²) in [6.07, 6.45) is 0. The van der Waals surface area contributed by atoms with Crippen LogP contribution in [0.4, 0.5) is 5.13 Å². The summed E-state index contributed by atoms with van der Waals surface area (Å²) in [7, 11) is 0. The molecule has 1 aliphatic rings. The fourth-order valence-electron chi connectivity index (χ4n) is 1.29. The summed E-state index contributed by atoms with van der Waals surface area (Å²) in [5.74, 6) is -0.313. The molecule has 0 spiro atoms. The lowest BCUT2D eigenvalue weighted by Crippen LogP contribution is -2.56. The fraction of sp³-hybridized carbons (Fsp3) is 0.500. The number of hydrogen-bond donors (Lipinski definition) is 3. The molecule has 3 N–H and O–H groups in total. The van der Waals surface area contributed by atoms with Crippen molar-refractivity contribution in [2.24, 2.45) is 0 Å². The molecule has 16 heavy (non-hydrogen) atoms. The Hall–Kier alpha value is -1.54. The summed E-state index contributed by atoms with van der Waals surface area (Å²) in [4.78, 5) is 22.6. The zero-order valence-corrected chi connectivity index (χ0v) is 9.43. The van der Waals surface area contributed by atoms with Crippen molar-refractivity contribution in [3.63, 3.8) is 0 Å². The number of carbonyl (C=O) groups excluding carboxylic acids is 2. The minimum absolute atomic E-state index is 0.101. The molecule has 1 aromatic rings. The molecule has 1 aliphatic heterocycles. The first kappa shape index (κ1) is 11.0. The van der Waals surface area contributed by atoms with Crippen LogP contribution >= 0.6 is 11.3 Å². The second-order valence-electron chi connectivity index (χ2n) is 3.35. The molecule has 0 aliphatic carbocycles. The fourth-order valence-corrected chi connectivity index (χ4v) is 1.89. The standard InChI is InChI=1S/C8H11N5O2S/c1-4-12-13-8(16-4)11-7(15)5-2-10-6(14)3-9-5/h5,9H,2-3H2,1H3,(H,10,14)(H,11,13,15). The highest BCUT2D eigenvalue weighted by Crippen LogP contribution is 2.13. The summed E-state index contributed by atoms with van der Waals surface area (Å²) in [5.41, 5.74) is 0. The highest BCUT2D eigenvalue weighted by atomic mass is 32.1. The summed E-state index contributed by atoms with van der Waals surface area (Å²) < 4.78 is 0. The lowest BCUT2D eigenvalue weighted by atomic mass is 10.2. The number of aromatic nitrogens is 2. The Bertz CT molecular complexity index is 408. The highest BCUT2D eigenvalue weighted by Gasteiger charge is 2.24. The molecule has 1 atom stereocenters. The molecule has 8 heteroatoms. The van der Waals surface area contributed by atoms with Crippen molar-refractivity contribution < 1.29 is 9.59 Å². The molecule has 1 saturated heterocycles. The third kappa shape index (κ3) is 2.52. The predicted molar refractivity (Wildman–Crippen MR) is 58.1 cm³/mol. The minimum atomic E-state index is -0.415. The number of nitrogens with one attached hydrogen (secondary N) is 3. The minimum Gasteiger partial charge on any atom is -0.353 e. The number of nitrogens with zero attached hydrogens (tertiary/aromatic N) is 2. The molecule has 2 heterocycles. The predicted octanol–water partition coefficient (Wildman–Crippen LogP) is -1.13. The van der Waals surface area contributed by atoms with Crippen LogP contribution in [-0.2, 0) is 9.59 Å². The second-order valence-corrected chi connectivity index (χ2v) is 4.53. The van der Waals surface area contributed by atoms with Crippen molar-refractivity contribution >= 4 is 28.3 Å². The van der Waals surface area contributed by atoms with Crippen LogP contribution in [0, 0.1) is 6.92 Å². The van der Waals surface area contributed by atoms with E-state index in [1.54, 1.807) is 0 Å². The zero-order valence-electron chi connectivity index (χ0n) is 8.61. The molecule has 86 valence electrons. The third-order valence-electron chi connectivity index (χ3n) is 2.09. The first-order valence-corrected chi connectivity index (χ1v) is 5.58. The summed E-state index contributed by atoms with van der Waals surface area (Å²) in [6, 6.07) is -0.415. The topological polar surface area (TPSA) is 96.0 Å². The number of aryl methyl sites for hydroxylation is 1. The van der Waals surface area contributed by atoms with Crippen LogP contribution in [0.15, 0.2) is 0 Å². The molecule has 2 rings (SSSR count). The van der Waals surface area contributed by atoms with Crippen molar-refractivity contribution in [3.8, 4) is 0 Å². The van der Waals surface area contributed by atoms with E-state index in [1.807, 2.05) is 6.92 Å². The van der Waals surface area contributed by atoms with Crippen LogP contribution in [0.5, 0.6) is 0 Å². The van der Waals surface area contributed by atoms with Crippen molar-refractivity contribution in [2.45, 2.75) is 13.0 Å².